The minimum absolute atomic E-state index is 0.252. The summed E-state index contributed by atoms with van der Waals surface area (Å²) >= 11 is 0. The molecule has 3 heterocycles. The van der Waals surface area contributed by atoms with Crippen molar-refractivity contribution in [1.82, 2.24) is 9.88 Å². The molecule has 0 amide bonds. The van der Waals surface area contributed by atoms with Crippen LogP contribution in [0.1, 0.15) is 34.9 Å². The van der Waals surface area contributed by atoms with E-state index in [0.717, 1.165) is 24.9 Å². The van der Waals surface area contributed by atoms with Crippen LogP contribution in [0, 0.1) is 0 Å². The fourth-order valence-corrected chi connectivity index (χ4v) is 3.31. The smallest absolute Gasteiger partial charge is 0.231 e. The second-order valence-corrected chi connectivity index (χ2v) is 4.91. The Kier molecular flexibility index (Phi) is 1.77. The van der Waals surface area contributed by atoms with Crippen LogP contribution in [0.2, 0.25) is 0 Å². The second kappa shape index (κ2) is 3.20. The highest BCUT2D eigenvalue weighted by Gasteiger charge is 2.33. The van der Waals surface area contributed by atoms with E-state index in [-0.39, 0.29) is 5.91 Å². The van der Waals surface area contributed by atoms with Gasteiger partial charge < -0.3 is 5.32 Å². The number of fused-ring (bicyclic) bond motifs is 3. The maximum absolute atomic E-state index is 12.1. The molecule has 1 aromatic carbocycles. The van der Waals surface area contributed by atoms with Gasteiger partial charge in [-0.05, 0) is 31.0 Å². The average Bonchev–Trinajstić information content (AvgIpc) is 2.71. The fourth-order valence-electron chi connectivity index (χ4n) is 3.31. The van der Waals surface area contributed by atoms with Crippen LogP contribution in [-0.4, -0.2) is 17.0 Å². The lowest BCUT2D eigenvalue weighted by atomic mass is 9.94. The van der Waals surface area contributed by atoms with E-state index in [1.807, 2.05) is 10.6 Å². The van der Waals surface area contributed by atoms with Gasteiger partial charge in [-0.2, -0.15) is 0 Å². The Morgan fingerprint density at radius 2 is 2.12 bits per heavy atom. The Labute approximate surface area is 99.4 Å². The molecule has 86 valence electrons. The van der Waals surface area contributed by atoms with Crippen LogP contribution in [0.25, 0.3) is 10.9 Å². The first-order valence-corrected chi connectivity index (χ1v) is 6.25. The minimum Gasteiger partial charge on any atom is -0.308 e. The lowest BCUT2D eigenvalue weighted by molar-refractivity contribution is 0.0874. The molecule has 0 spiro atoms. The van der Waals surface area contributed by atoms with Gasteiger partial charge in [0, 0.05) is 23.5 Å². The average molecular weight is 226 g/mol. The summed E-state index contributed by atoms with van der Waals surface area (Å²) in [5, 5.41) is 4.79. The highest BCUT2D eigenvalue weighted by Crippen LogP contribution is 2.37. The summed E-state index contributed by atoms with van der Waals surface area (Å²) in [6, 6.07) is 8.66. The van der Waals surface area contributed by atoms with Crippen LogP contribution in [0.4, 0.5) is 0 Å². The van der Waals surface area contributed by atoms with Gasteiger partial charge in [-0.3, -0.25) is 9.36 Å². The molecule has 1 atom stereocenters. The van der Waals surface area contributed by atoms with Crippen molar-refractivity contribution >= 4 is 16.8 Å². The number of para-hydroxylation sites is 1. The standard InChI is InChI=1S/C14H14N2O/c17-13-6-5-11-14-10(7-8-15-11)9-3-1-2-4-12(9)16(13)14/h1-4,11,15H,5-8H2/t11-/m0/s1. The first-order valence-electron chi connectivity index (χ1n) is 6.25. The van der Waals surface area contributed by atoms with E-state index in [9.17, 15) is 4.79 Å². The monoisotopic (exact) mass is 226 g/mol. The third-order valence-corrected chi connectivity index (χ3v) is 4.01. The van der Waals surface area contributed by atoms with Gasteiger partial charge in [0.15, 0.2) is 0 Å². The molecule has 0 bridgehead atoms. The number of hydrogen-bond donors (Lipinski definition) is 1. The highest BCUT2D eigenvalue weighted by molar-refractivity contribution is 5.97. The van der Waals surface area contributed by atoms with Crippen molar-refractivity contribution in [3.63, 3.8) is 0 Å². The Morgan fingerprint density at radius 3 is 3.06 bits per heavy atom. The largest absolute Gasteiger partial charge is 0.308 e. The number of carbonyl (C=O) groups excluding carboxylic acids is 1. The fraction of sp³-hybridized carbons (Fsp3) is 0.357. The minimum atomic E-state index is 0.252. The molecule has 3 heteroatoms. The van der Waals surface area contributed by atoms with Gasteiger partial charge in [0.25, 0.3) is 0 Å². The van der Waals surface area contributed by atoms with E-state index < -0.39 is 0 Å². The molecular weight excluding hydrogens is 212 g/mol. The maximum atomic E-state index is 12.1. The SMILES string of the molecule is O=C1CC[C@@H]2NCCc3c2n1c1ccccc31. The lowest BCUT2D eigenvalue weighted by Crippen LogP contribution is -2.36. The number of rotatable bonds is 0. The highest BCUT2D eigenvalue weighted by atomic mass is 16.2. The third kappa shape index (κ3) is 1.12. The summed E-state index contributed by atoms with van der Waals surface area (Å²) in [6.45, 7) is 1.03. The van der Waals surface area contributed by atoms with Crippen LogP contribution in [-0.2, 0) is 6.42 Å². The van der Waals surface area contributed by atoms with Crippen molar-refractivity contribution in [2.45, 2.75) is 25.3 Å². The van der Waals surface area contributed by atoms with Gasteiger partial charge in [0.1, 0.15) is 0 Å². The van der Waals surface area contributed by atoms with Gasteiger partial charge >= 0.3 is 0 Å². The predicted octanol–water partition coefficient (Wildman–Crippen LogP) is 2.26. The van der Waals surface area contributed by atoms with Crippen LogP contribution < -0.4 is 5.32 Å². The summed E-state index contributed by atoms with van der Waals surface area (Å²) in [5.41, 5.74) is 3.71. The Balaban J connectivity index is 2.17. The predicted molar refractivity (Wildman–Crippen MR) is 66.2 cm³/mol. The molecule has 0 saturated heterocycles. The second-order valence-electron chi connectivity index (χ2n) is 4.91. The molecular formula is C14H14N2O. The molecule has 0 unspecified atom stereocenters. The number of carbonyl (C=O) groups is 1. The Bertz CT molecular complexity index is 626. The van der Waals surface area contributed by atoms with Crippen molar-refractivity contribution in [3.05, 3.63) is 35.5 Å². The summed E-state index contributed by atoms with van der Waals surface area (Å²) in [7, 11) is 0. The lowest BCUT2D eigenvalue weighted by Gasteiger charge is -2.29. The Morgan fingerprint density at radius 1 is 1.24 bits per heavy atom. The van der Waals surface area contributed by atoms with Gasteiger partial charge in [-0.1, -0.05) is 18.2 Å². The molecule has 0 saturated carbocycles. The maximum Gasteiger partial charge on any atom is 0.231 e. The van der Waals surface area contributed by atoms with E-state index >= 15 is 0 Å². The van der Waals surface area contributed by atoms with Crippen molar-refractivity contribution < 1.29 is 4.79 Å². The quantitative estimate of drug-likeness (QED) is 0.747. The summed E-state index contributed by atoms with van der Waals surface area (Å²) in [6.07, 6.45) is 2.64. The number of nitrogens with one attached hydrogen (secondary N) is 1. The van der Waals surface area contributed by atoms with E-state index in [1.165, 1.54) is 16.6 Å². The van der Waals surface area contributed by atoms with Crippen LogP contribution >= 0.6 is 0 Å². The number of aromatic nitrogens is 1. The van der Waals surface area contributed by atoms with Gasteiger partial charge in [0.2, 0.25) is 5.91 Å². The van der Waals surface area contributed by atoms with Crippen molar-refractivity contribution in [2.24, 2.45) is 0 Å². The van der Waals surface area contributed by atoms with Crippen molar-refractivity contribution in [2.75, 3.05) is 6.54 Å². The zero-order valence-electron chi connectivity index (χ0n) is 9.57. The number of hydrogen-bond acceptors (Lipinski definition) is 2. The van der Waals surface area contributed by atoms with Gasteiger partial charge in [-0.25, -0.2) is 0 Å². The van der Waals surface area contributed by atoms with Crippen LogP contribution in [0.3, 0.4) is 0 Å². The van der Waals surface area contributed by atoms with Crippen molar-refractivity contribution in [1.29, 1.82) is 0 Å². The molecule has 4 rings (SSSR count). The summed E-state index contributed by atoms with van der Waals surface area (Å²) in [5.74, 6) is 0.252. The van der Waals surface area contributed by atoms with Crippen molar-refractivity contribution in [3.8, 4) is 0 Å². The molecule has 0 radical (unpaired) electrons. The van der Waals surface area contributed by atoms with E-state index in [0.29, 0.717) is 12.5 Å². The molecule has 0 fully saturated rings. The van der Waals surface area contributed by atoms with E-state index in [2.05, 4.69) is 23.5 Å². The zero-order valence-corrected chi connectivity index (χ0v) is 9.57. The normalized spacial score (nSPS) is 22.8. The molecule has 2 aromatic rings. The molecule has 1 aromatic heterocycles. The first kappa shape index (κ1) is 9.42. The molecule has 1 N–H and O–H groups in total. The summed E-state index contributed by atoms with van der Waals surface area (Å²) < 4.78 is 1.95. The molecule has 17 heavy (non-hydrogen) atoms. The Hall–Kier alpha value is -1.61. The van der Waals surface area contributed by atoms with E-state index in [1.54, 1.807) is 0 Å². The zero-order chi connectivity index (χ0) is 11.4. The number of benzene rings is 1. The van der Waals surface area contributed by atoms with Gasteiger partial charge in [0.05, 0.1) is 5.52 Å². The third-order valence-electron chi connectivity index (χ3n) is 4.01. The molecule has 2 aliphatic rings. The number of nitrogens with zero attached hydrogens (tertiary/aromatic N) is 1. The molecule has 3 nitrogen and oxygen atoms in total. The van der Waals surface area contributed by atoms with Crippen LogP contribution in [0.5, 0.6) is 0 Å². The first-order chi connectivity index (χ1) is 8.36. The summed E-state index contributed by atoms with van der Waals surface area (Å²) in [4.78, 5) is 12.1. The van der Waals surface area contributed by atoms with Crippen LogP contribution in [0.15, 0.2) is 24.3 Å². The topological polar surface area (TPSA) is 34.0 Å². The molecule has 2 aliphatic heterocycles. The van der Waals surface area contributed by atoms with Gasteiger partial charge in [-0.15, -0.1) is 0 Å². The molecule has 0 aliphatic carbocycles. The van der Waals surface area contributed by atoms with E-state index in [4.69, 9.17) is 0 Å².